The average Bonchev–Trinajstić information content (AvgIpc) is 3.57. The molecular formula is C33H38N4O4. The predicted molar refractivity (Wildman–Crippen MR) is 160 cm³/mol. The van der Waals surface area contributed by atoms with Crippen LogP contribution in [0, 0.1) is 5.92 Å². The van der Waals surface area contributed by atoms with Gasteiger partial charge in [0.1, 0.15) is 5.75 Å². The lowest BCUT2D eigenvalue weighted by molar-refractivity contribution is -0.119. The van der Waals surface area contributed by atoms with Gasteiger partial charge in [-0.3, -0.25) is 14.4 Å². The minimum absolute atomic E-state index is 0.0174. The second-order valence-electron chi connectivity index (χ2n) is 10.9. The summed E-state index contributed by atoms with van der Waals surface area (Å²) in [4.78, 5) is 45.5. The third kappa shape index (κ3) is 6.70. The van der Waals surface area contributed by atoms with Gasteiger partial charge in [-0.05, 0) is 60.9 Å². The lowest BCUT2D eigenvalue weighted by atomic mass is 10.1. The molecule has 0 aromatic heterocycles. The van der Waals surface area contributed by atoms with Gasteiger partial charge in [0.05, 0.1) is 12.7 Å². The van der Waals surface area contributed by atoms with Gasteiger partial charge in [-0.2, -0.15) is 0 Å². The molecule has 1 aliphatic heterocycles. The number of piperazine rings is 1. The van der Waals surface area contributed by atoms with Crippen LogP contribution in [0.3, 0.4) is 0 Å². The molecule has 214 valence electrons. The van der Waals surface area contributed by atoms with Crippen LogP contribution in [0.25, 0.3) is 0 Å². The Morgan fingerprint density at radius 3 is 2.24 bits per heavy atom. The lowest BCUT2D eigenvalue weighted by Crippen LogP contribution is -2.49. The number of carbonyl (C=O) groups excluding carboxylic acids is 3. The molecule has 41 heavy (non-hydrogen) atoms. The maximum atomic E-state index is 13.8. The number of hydrogen-bond acceptors (Lipinski definition) is 5. The number of methoxy groups -OCH3 is 1. The minimum Gasteiger partial charge on any atom is -0.497 e. The number of ether oxygens (including phenoxy) is 1. The Morgan fingerprint density at radius 2 is 1.59 bits per heavy atom. The fourth-order valence-electron chi connectivity index (χ4n) is 5.69. The van der Waals surface area contributed by atoms with Gasteiger partial charge in [0.25, 0.3) is 11.8 Å². The standard InChI is InChI=1S/C33H38N4O4/c1-35(23-24-8-4-3-5-9-24)33(40)29-22-27(34-31(38)25-10-6-7-11-25)14-17-30(29)36-18-20-37(21-19-36)32(39)26-12-15-28(41-2)16-13-26/h3-5,8-9,12-17,22,25H,6-7,10-11,18-21,23H2,1-2H3,(H,34,38). The molecule has 3 aromatic carbocycles. The van der Waals surface area contributed by atoms with Crippen molar-refractivity contribution in [2.45, 2.75) is 32.2 Å². The van der Waals surface area contributed by atoms with E-state index in [1.807, 2.05) is 47.4 Å². The molecular weight excluding hydrogens is 516 g/mol. The van der Waals surface area contributed by atoms with Crippen molar-refractivity contribution >= 4 is 29.1 Å². The van der Waals surface area contributed by atoms with Gasteiger partial charge < -0.3 is 24.8 Å². The van der Waals surface area contributed by atoms with Crippen LogP contribution in [-0.4, -0.2) is 67.9 Å². The highest BCUT2D eigenvalue weighted by Gasteiger charge is 2.27. The molecule has 8 nitrogen and oxygen atoms in total. The van der Waals surface area contributed by atoms with E-state index < -0.39 is 0 Å². The van der Waals surface area contributed by atoms with Crippen LogP contribution < -0.4 is 15.0 Å². The van der Waals surface area contributed by atoms with Gasteiger partial charge in [-0.15, -0.1) is 0 Å². The van der Waals surface area contributed by atoms with E-state index in [9.17, 15) is 14.4 Å². The molecule has 2 fully saturated rings. The molecule has 8 heteroatoms. The van der Waals surface area contributed by atoms with E-state index in [0.29, 0.717) is 55.3 Å². The van der Waals surface area contributed by atoms with E-state index in [2.05, 4.69) is 10.2 Å². The van der Waals surface area contributed by atoms with Crippen LogP contribution >= 0.6 is 0 Å². The number of nitrogens with one attached hydrogen (secondary N) is 1. The summed E-state index contributed by atoms with van der Waals surface area (Å²) in [5, 5.41) is 3.06. The van der Waals surface area contributed by atoms with Crippen molar-refractivity contribution in [2.24, 2.45) is 5.92 Å². The molecule has 1 heterocycles. The third-order valence-corrected chi connectivity index (χ3v) is 8.07. The maximum Gasteiger partial charge on any atom is 0.256 e. The molecule has 1 saturated carbocycles. The van der Waals surface area contributed by atoms with Crippen LogP contribution in [0.1, 0.15) is 52.0 Å². The fourth-order valence-corrected chi connectivity index (χ4v) is 5.69. The molecule has 3 aromatic rings. The van der Waals surface area contributed by atoms with Crippen molar-refractivity contribution in [2.75, 3.05) is 50.6 Å². The summed E-state index contributed by atoms with van der Waals surface area (Å²) in [6.07, 6.45) is 3.99. The summed E-state index contributed by atoms with van der Waals surface area (Å²) < 4.78 is 5.21. The number of anilines is 2. The zero-order valence-corrected chi connectivity index (χ0v) is 23.8. The highest BCUT2D eigenvalue weighted by Crippen LogP contribution is 2.30. The first-order valence-corrected chi connectivity index (χ1v) is 14.4. The number of hydrogen-bond donors (Lipinski definition) is 1. The smallest absolute Gasteiger partial charge is 0.256 e. The monoisotopic (exact) mass is 554 g/mol. The third-order valence-electron chi connectivity index (χ3n) is 8.07. The Kier molecular flexibility index (Phi) is 8.87. The highest BCUT2D eigenvalue weighted by atomic mass is 16.5. The molecule has 1 saturated heterocycles. The summed E-state index contributed by atoms with van der Waals surface area (Å²) in [7, 11) is 3.40. The first-order chi connectivity index (χ1) is 19.9. The molecule has 1 N–H and O–H groups in total. The van der Waals surface area contributed by atoms with Crippen LogP contribution in [0.5, 0.6) is 5.75 Å². The van der Waals surface area contributed by atoms with Crippen molar-refractivity contribution < 1.29 is 19.1 Å². The second-order valence-corrected chi connectivity index (χ2v) is 10.9. The Hall–Kier alpha value is -4.33. The molecule has 5 rings (SSSR count). The van der Waals surface area contributed by atoms with Crippen molar-refractivity contribution in [1.82, 2.24) is 9.80 Å². The van der Waals surface area contributed by atoms with Gasteiger partial charge in [-0.1, -0.05) is 43.2 Å². The maximum absolute atomic E-state index is 13.8. The molecule has 0 radical (unpaired) electrons. The lowest BCUT2D eigenvalue weighted by Gasteiger charge is -2.37. The van der Waals surface area contributed by atoms with Crippen LogP contribution in [0.4, 0.5) is 11.4 Å². The van der Waals surface area contributed by atoms with Crippen molar-refractivity contribution in [3.8, 4) is 5.75 Å². The Morgan fingerprint density at radius 1 is 0.902 bits per heavy atom. The van der Waals surface area contributed by atoms with Crippen molar-refractivity contribution in [3.05, 3.63) is 89.5 Å². The van der Waals surface area contributed by atoms with E-state index >= 15 is 0 Å². The summed E-state index contributed by atoms with van der Waals surface area (Å²) >= 11 is 0. The summed E-state index contributed by atoms with van der Waals surface area (Å²) in [6.45, 7) is 2.75. The molecule has 0 spiro atoms. The quantitative estimate of drug-likeness (QED) is 0.421. The SMILES string of the molecule is COc1ccc(C(=O)N2CCN(c3ccc(NC(=O)C4CCCC4)cc3C(=O)N(C)Cc3ccccc3)CC2)cc1. The molecule has 3 amide bonds. The van der Waals surface area contributed by atoms with Gasteiger partial charge in [-0.25, -0.2) is 0 Å². The Labute approximate surface area is 241 Å². The number of amides is 3. The van der Waals surface area contributed by atoms with Gasteiger partial charge in [0.15, 0.2) is 0 Å². The number of carbonyl (C=O) groups is 3. The Bertz CT molecular complexity index is 1360. The summed E-state index contributed by atoms with van der Waals surface area (Å²) in [5.74, 6) is 0.639. The summed E-state index contributed by atoms with van der Waals surface area (Å²) in [6, 6.07) is 22.7. The normalized spacial score (nSPS) is 15.5. The second kappa shape index (κ2) is 12.9. The van der Waals surface area contributed by atoms with E-state index in [1.54, 1.807) is 49.4 Å². The molecule has 0 atom stereocenters. The van der Waals surface area contributed by atoms with Gasteiger partial charge >= 0.3 is 0 Å². The first-order valence-electron chi connectivity index (χ1n) is 14.4. The largest absolute Gasteiger partial charge is 0.497 e. The van der Waals surface area contributed by atoms with E-state index in [0.717, 1.165) is 36.9 Å². The zero-order valence-electron chi connectivity index (χ0n) is 23.8. The van der Waals surface area contributed by atoms with Crippen LogP contribution in [-0.2, 0) is 11.3 Å². The Balaban J connectivity index is 1.33. The molecule has 0 bridgehead atoms. The summed E-state index contributed by atoms with van der Waals surface area (Å²) in [5.41, 5.74) is 3.66. The van der Waals surface area contributed by atoms with Crippen LogP contribution in [0.15, 0.2) is 72.8 Å². The van der Waals surface area contributed by atoms with Crippen molar-refractivity contribution in [1.29, 1.82) is 0 Å². The van der Waals surface area contributed by atoms with E-state index in [4.69, 9.17) is 4.74 Å². The van der Waals surface area contributed by atoms with Gasteiger partial charge in [0, 0.05) is 62.6 Å². The van der Waals surface area contributed by atoms with Crippen LogP contribution in [0.2, 0.25) is 0 Å². The average molecular weight is 555 g/mol. The van der Waals surface area contributed by atoms with E-state index in [1.165, 1.54) is 0 Å². The molecule has 0 unspecified atom stereocenters. The number of rotatable bonds is 8. The highest BCUT2D eigenvalue weighted by molar-refractivity contribution is 6.02. The number of benzene rings is 3. The topological polar surface area (TPSA) is 82.2 Å². The fraction of sp³-hybridized carbons (Fsp3) is 0.364. The number of nitrogens with zero attached hydrogens (tertiary/aromatic N) is 3. The van der Waals surface area contributed by atoms with Gasteiger partial charge in [0.2, 0.25) is 5.91 Å². The van der Waals surface area contributed by atoms with Crippen molar-refractivity contribution in [3.63, 3.8) is 0 Å². The predicted octanol–water partition coefficient (Wildman–Crippen LogP) is 5.06. The van der Waals surface area contributed by atoms with E-state index in [-0.39, 0.29) is 23.6 Å². The zero-order chi connectivity index (χ0) is 28.8. The molecule has 1 aliphatic carbocycles. The minimum atomic E-state index is -0.113. The first kappa shape index (κ1) is 28.2. The molecule has 2 aliphatic rings.